The van der Waals surface area contributed by atoms with Crippen molar-refractivity contribution in [2.75, 3.05) is 5.32 Å². The van der Waals surface area contributed by atoms with E-state index in [-0.39, 0.29) is 0 Å². The molecule has 0 spiro atoms. The predicted octanol–water partition coefficient (Wildman–Crippen LogP) is 4.77. The molecular weight excluding hydrogens is 326 g/mol. The van der Waals surface area contributed by atoms with Crippen molar-refractivity contribution in [3.8, 4) is 11.6 Å². The summed E-state index contributed by atoms with van der Waals surface area (Å²) in [5.41, 5.74) is 3.90. The van der Waals surface area contributed by atoms with Gasteiger partial charge in [0.1, 0.15) is 11.3 Å². The SMILES string of the molecule is c1cnc(Oc2ccc(Nc3nc4cnccc4[nH]3)cc2)c(C2CC2)c1. The van der Waals surface area contributed by atoms with Gasteiger partial charge in [-0.3, -0.25) is 4.98 Å². The van der Waals surface area contributed by atoms with Crippen LogP contribution in [0.1, 0.15) is 24.3 Å². The minimum Gasteiger partial charge on any atom is -0.439 e. The molecule has 1 aromatic carbocycles. The highest BCUT2D eigenvalue weighted by Gasteiger charge is 2.27. The van der Waals surface area contributed by atoms with Crippen LogP contribution < -0.4 is 10.1 Å². The van der Waals surface area contributed by atoms with Crippen molar-refractivity contribution in [3.63, 3.8) is 0 Å². The number of hydrogen-bond acceptors (Lipinski definition) is 5. The highest BCUT2D eigenvalue weighted by atomic mass is 16.5. The summed E-state index contributed by atoms with van der Waals surface area (Å²) in [7, 11) is 0. The predicted molar refractivity (Wildman–Crippen MR) is 99.9 cm³/mol. The van der Waals surface area contributed by atoms with Crippen molar-refractivity contribution in [2.24, 2.45) is 0 Å². The zero-order valence-corrected chi connectivity index (χ0v) is 14.0. The number of fused-ring (bicyclic) bond motifs is 1. The number of imidazole rings is 1. The summed E-state index contributed by atoms with van der Waals surface area (Å²) in [5.74, 6) is 2.76. The zero-order valence-electron chi connectivity index (χ0n) is 14.0. The highest BCUT2D eigenvalue weighted by molar-refractivity contribution is 5.77. The molecule has 5 rings (SSSR count). The molecule has 6 nitrogen and oxygen atoms in total. The Hall–Kier alpha value is -3.41. The van der Waals surface area contributed by atoms with Crippen molar-refractivity contribution in [2.45, 2.75) is 18.8 Å². The molecule has 1 aliphatic carbocycles. The lowest BCUT2D eigenvalue weighted by atomic mass is 10.2. The average Bonchev–Trinajstić information content (AvgIpc) is 3.43. The monoisotopic (exact) mass is 343 g/mol. The fourth-order valence-corrected chi connectivity index (χ4v) is 2.96. The first-order chi connectivity index (χ1) is 12.8. The van der Waals surface area contributed by atoms with E-state index in [9.17, 15) is 0 Å². The Morgan fingerprint density at radius 2 is 1.92 bits per heavy atom. The van der Waals surface area contributed by atoms with Crippen LogP contribution in [0.15, 0.2) is 61.1 Å². The number of aromatic nitrogens is 4. The standard InChI is InChI=1S/C20H17N5O/c1-2-16(13-3-4-13)19(22-10-1)26-15-7-5-14(6-8-15)23-20-24-17-9-11-21-12-18(17)25-20/h1-2,5-13H,3-4H2,(H2,23,24,25). The number of anilines is 2. The first kappa shape index (κ1) is 14.9. The lowest BCUT2D eigenvalue weighted by Gasteiger charge is -2.10. The van der Waals surface area contributed by atoms with Crippen molar-refractivity contribution in [1.29, 1.82) is 0 Å². The normalized spacial score (nSPS) is 13.7. The molecule has 0 unspecified atom stereocenters. The summed E-state index contributed by atoms with van der Waals surface area (Å²) in [6.07, 6.45) is 7.69. The fourth-order valence-electron chi connectivity index (χ4n) is 2.96. The molecule has 0 radical (unpaired) electrons. The van der Waals surface area contributed by atoms with E-state index in [1.54, 1.807) is 18.6 Å². The molecule has 4 aromatic rings. The molecule has 2 N–H and O–H groups in total. The largest absolute Gasteiger partial charge is 0.439 e. The topological polar surface area (TPSA) is 75.7 Å². The van der Waals surface area contributed by atoms with Crippen LogP contribution in [0.25, 0.3) is 11.0 Å². The molecule has 6 heteroatoms. The smallest absolute Gasteiger partial charge is 0.222 e. The van der Waals surface area contributed by atoms with Crippen molar-refractivity contribution < 1.29 is 4.74 Å². The number of pyridine rings is 2. The fraction of sp³-hybridized carbons (Fsp3) is 0.150. The van der Waals surface area contributed by atoms with E-state index < -0.39 is 0 Å². The molecule has 1 aliphatic rings. The Balaban J connectivity index is 1.33. The average molecular weight is 343 g/mol. The summed E-state index contributed by atoms with van der Waals surface area (Å²) in [5, 5.41) is 3.26. The van der Waals surface area contributed by atoms with Crippen LogP contribution in [0.4, 0.5) is 11.6 Å². The first-order valence-electron chi connectivity index (χ1n) is 8.65. The Morgan fingerprint density at radius 3 is 2.73 bits per heavy atom. The molecule has 128 valence electrons. The molecule has 1 saturated carbocycles. The van der Waals surface area contributed by atoms with Gasteiger partial charge in [0.25, 0.3) is 0 Å². The van der Waals surface area contributed by atoms with Gasteiger partial charge in [-0.2, -0.15) is 0 Å². The number of H-pyrrole nitrogens is 1. The summed E-state index contributed by atoms with van der Waals surface area (Å²) in [4.78, 5) is 16.2. The van der Waals surface area contributed by atoms with Crippen molar-refractivity contribution in [3.05, 3.63) is 66.6 Å². The Bertz CT molecular complexity index is 1020. The minimum atomic E-state index is 0.599. The van der Waals surface area contributed by atoms with E-state index in [0.717, 1.165) is 22.5 Å². The number of benzene rings is 1. The van der Waals surface area contributed by atoms with E-state index in [0.29, 0.717) is 17.7 Å². The molecule has 3 heterocycles. The lowest BCUT2D eigenvalue weighted by molar-refractivity contribution is 0.456. The molecule has 0 aliphatic heterocycles. The van der Waals surface area contributed by atoms with Crippen LogP contribution in [0.2, 0.25) is 0 Å². The number of aromatic amines is 1. The molecule has 0 bridgehead atoms. The third-order valence-electron chi connectivity index (χ3n) is 4.43. The molecule has 3 aromatic heterocycles. The van der Waals surface area contributed by atoms with Crippen LogP contribution in [0, 0.1) is 0 Å². The second kappa shape index (κ2) is 6.15. The van der Waals surface area contributed by atoms with Crippen LogP contribution >= 0.6 is 0 Å². The zero-order chi connectivity index (χ0) is 17.3. The van der Waals surface area contributed by atoms with Gasteiger partial charge in [-0.1, -0.05) is 6.07 Å². The summed E-state index contributed by atoms with van der Waals surface area (Å²) < 4.78 is 5.99. The first-order valence-corrected chi connectivity index (χ1v) is 8.65. The molecule has 0 atom stereocenters. The number of ether oxygens (including phenoxy) is 1. The highest BCUT2D eigenvalue weighted by Crippen LogP contribution is 2.44. The third-order valence-corrected chi connectivity index (χ3v) is 4.43. The number of nitrogens with one attached hydrogen (secondary N) is 2. The van der Waals surface area contributed by atoms with Gasteiger partial charge >= 0.3 is 0 Å². The lowest BCUT2D eigenvalue weighted by Crippen LogP contribution is -1.94. The second-order valence-electron chi connectivity index (χ2n) is 6.40. The van der Waals surface area contributed by atoms with Crippen molar-refractivity contribution in [1.82, 2.24) is 19.9 Å². The second-order valence-corrected chi connectivity index (χ2v) is 6.40. The van der Waals surface area contributed by atoms with Crippen LogP contribution in [0.3, 0.4) is 0 Å². The summed E-state index contributed by atoms with van der Waals surface area (Å²) in [6, 6.07) is 13.7. The Labute approximate surface area is 150 Å². The Morgan fingerprint density at radius 1 is 1.04 bits per heavy atom. The van der Waals surface area contributed by atoms with Gasteiger partial charge in [-0.15, -0.1) is 0 Å². The maximum atomic E-state index is 5.99. The molecule has 26 heavy (non-hydrogen) atoms. The molecule has 1 fully saturated rings. The van der Waals surface area contributed by atoms with Gasteiger partial charge in [-0.05, 0) is 55.2 Å². The van der Waals surface area contributed by atoms with Gasteiger partial charge in [0, 0.05) is 23.6 Å². The van der Waals surface area contributed by atoms with E-state index in [4.69, 9.17) is 4.74 Å². The van der Waals surface area contributed by atoms with Gasteiger partial charge in [0.15, 0.2) is 0 Å². The van der Waals surface area contributed by atoms with Gasteiger partial charge in [0.2, 0.25) is 11.8 Å². The van der Waals surface area contributed by atoms with Gasteiger partial charge in [0.05, 0.1) is 11.7 Å². The van der Waals surface area contributed by atoms with E-state index in [1.165, 1.54) is 18.4 Å². The van der Waals surface area contributed by atoms with Crippen LogP contribution in [-0.4, -0.2) is 19.9 Å². The maximum Gasteiger partial charge on any atom is 0.222 e. The minimum absolute atomic E-state index is 0.599. The number of hydrogen-bond donors (Lipinski definition) is 2. The maximum absolute atomic E-state index is 5.99. The third kappa shape index (κ3) is 2.97. The van der Waals surface area contributed by atoms with Crippen molar-refractivity contribution >= 4 is 22.7 Å². The number of nitrogens with zero attached hydrogens (tertiary/aromatic N) is 3. The van der Waals surface area contributed by atoms with E-state index in [2.05, 4.69) is 31.3 Å². The van der Waals surface area contributed by atoms with E-state index >= 15 is 0 Å². The molecular formula is C20H17N5O. The van der Waals surface area contributed by atoms with E-state index in [1.807, 2.05) is 36.4 Å². The molecule has 0 saturated heterocycles. The van der Waals surface area contributed by atoms with Crippen LogP contribution in [0.5, 0.6) is 11.6 Å². The molecule has 0 amide bonds. The van der Waals surface area contributed by atoms with Crippen LogP contribution in [-0.2, 0) is 0 Å². The summed E-state index contributed by atoms with van der Waals surface area (Å²) in [6.45, 7) is 0. The van der Waals surface area contributed by atoms with Gasteiger partial charge < -0.3 is 15.0 Å². The number of rotatable bonds is 5. The summed E-state index contributed by atoms with van der Waals surface area (Å²) >= 11 is 0. The van der Waals surface area contributed by atoms with Gasteiger partial charge in [-0.25, -0.2) is 9.97 Å². The quantitative estimate of drug-likeness (QED) is 0.546. The Kier molecular flexibility index (Phi) is 3.52.